The van der Waals surface area contributed by atoms with Crippen LogP contribution in [0.4, 0.5) is 0 Å². The highest BCUT2D eigenvalue weighted by Gasteiger charge is 2.36. The van der Waals surface area contributed by atoms with E-state index in [9.17, 15) is 0 Å². The molecule has 1 N–H and O–H groups in total. The molecule has 0 heterocycles. The Hall–Kier alpha value is -0.820. The minimum Gasteiger partial charge on any atom is -0.309 e. The van der Waals surface area contributed by atoms with Crippen LogP contribution in [0.15, 0.2) is 24.3 Å². The van der Waals surface area contributed by atoms with Crippen molar-refractivity contribution in [3.05, 3.63) is 35.4 Å². The van der Waals surface area contributed by atoms with Gasteiger partial charge < -0.3 is 5.32 Å². The first-order valence-electron chi connectivity index (χ1n) is 7.04. The molecule has 92 valence electrons. The summed E-state index contributed by atoms with van der Waals surface area (Å²) in [4.78, 5) is 0. The van der Waals surface area contributed by atoms with Gasteiger partial charge in [-0.2, -0.15) is 0 Å². The zero-order valence-corrected chi connectivity index (χ0v) is 10.9. The minimum absolute atomic E-state index is 0.614. The molecule has 0 spiro atoms. The maximum atomic E-state index is 3.81. The lowest BCUT2D eigenvalue weighted by molar-refractivity contribution is 0.461. The molecule has 1 heteroatoms. The molecule has 3 rings (SSSR count). The quantitative estimate of drug-likeness (QED) is 0.812. The molecule has 1 aromatic rings. The van der Waals surface area contributed by atoms with E-state index in [1.54, 1.807) is 0 Å². The molecule has 17 heavy (non-hydrogen) atoms. The van der Waals surface area contributed by atoms with E-state index in [0.717, 1.165) is 17.8 Å². The molecule has 1 aromatic carbocycles. The van der Waals surface area contributed by atoms with Gasteiger partial charge in [0.1, 0.15) is 0 Å². The predicted octanol–water partition coefficient (Wildman–Crippen LogP) is 3.69. The maximum absolute atomic E-state index is 3.81. The molecule has 3 atom stereocenters. The lowest BCUT2D eigenvalue weighted by atomic mass is 10.0. The van der Waals surface area contributed by atoms with Gasteiger partial charge in [0.05, 0.1) is 0 Å². The summed E-state index contributed by atoms with van der Waals surface area (Å²) in [5.74, 6) is 2.80. The fourth-order valence-corrected chi connectivity index (χ4v) is 2.72. The fraction of sp³-hybridized carbons (Fsp3) is 0.625. The number of aryl methyl sites for hydroxylation is 1. The topological polar surface area (TPSA) is 12.0 Å². The van der Waals surface area contributed by atoms with E-state index in [4.69, 9.17) is 0 Å². The number of rotatable bonds is 5. The van der Waals surface area contributed by atoms with Gasteiger partial charge in [-0.1, -0.05) is 36.8 Å². The Morgan fingerprint density at radius 2 is 1.88 bits per heavy atom. The Bertz CT molecular complexity index is 377. The molecule has 0 saturated heterocycles. The molecule has 0 aromatic heterocycles. The lowest BCUT2D eigenvalue weighted by Gasteiger charge is -2.19. The highest BCUT2D eigenvalue weighted by atomic mass is 14.9. The molecule has 2 aliphatic carbocycles. The van der Waals surface area contributed by atoms with Crippen LogP contribution in [0.25, 0.3) is 0 Å². The molecule has 0 radical (unpaired) electrons. The van der Waals surface area contributed by atoms with E-state index < -0.39 is 0 Å². The first kappa shape index (κ1) is 11.3. The van der Waals surface area contributed by atoms with Crippen molar-refractivity contribution in [2.45, 2.75) is 39.2 Å². The van der Waals surface area contributed by atoms with Gasteiger partial charge in [0.25, 0.3) is 0 Å². The molecule has 3 unspecified atom stereocenters. The van der Waals surface area contributed by atoms with Crippen LogP contribution in [0, 0.1) is 24.7 Å². The second kappa shape index (κ2) is 4.45. The second-order valence-corrected chi connectivity index (χ2v) is 6.11. The standard InChI is InChI=1S/C16H23N/c1-11-3-5-13(6-4-11)16(14-7-8-14)17-10-15-9-12(15)2/h3-6,12,14-17H,7-10H2,1-2H3. The van der Waals surface area contributed by atoms with Crippen molar-refractivity contribution in [1.82, 2.24) is 5.32 Å². The van der Waals surface area contributed by atoms with Crippen molar-refractivity contribution in [3.8, 4) is 0 Å². The third-order valence-electron chi connectivity index (χ3n) is 4.41. The molecule has 2 aliphatic rings. The van der Waals surface area contributed by atoms with E-state index >= 15 is 0 Å². The first-order valence-corrected chi connectivity index (χ1v) is 7.04. The summed E-state index contributed by atoms with van der Waals surface area (Å²) in [5.41, 5.74) is 2.85. The molecule has 0 amide bonds. The van der Waals surface area contributed by atoms with Gasteiger partial charge >= 0.3 is 0 Å². The van der Waals surface area contributed by atoms with Crippen molar-refractivity contribution in [2.24, 2.45) is 17.8 Å². The van der Waals surface area contributed by atoms with Crippen LogP contribution in [0.1, 0.15) is 43.4 Å². The normalized spacial score (nSPS) is 29.1. The molecule has 1 nitrogen and oxygen atoms in total. The van der Waals surface area contributed by atoms with E-state index in [1.165, 1.54) is 36.9 Å². The van der Waals surface area contributed by atoms with Crippen molar-refractivity contribution in [2.75, 3.05) is 6.54 Å². The Morgan fingerprint density at radius 3 is 2.41 bits per heavy atom. The number of benzene rings is 1. The van der Waals surface area contributed by atoms with Crippen molar-refractivity contribution < 1.29 is 0 Å². The van der Waals surface area contributed by atoms with E-state index in [2.05, 4.69) is 43.4 Å². The average Bonchev–Trinajstić information content (AvgIpc) is 3.20. The van der Waals surface area contributed by atoms with Crippen molar-refractivity contribution in [3.63, 3.8) is 0 Å². The van der Waals surface area contributed by atoms with E-state index in [1.807, 2.05) is 0 Å². The van der Waals surface area contributed by atoms with Gasteiger partial charge in [0, 0.05) is 6.04 Å². The second-order valence-electron chi connectivity index (χ2n) is 6.11. The third kappa shape index (κ3) is 2.71. The summed E-state index contributed by atoms with van der Waals surface area (Å²) in [5, 5.41) is 3.81. The average molecular weight is 229 g/mol. The Balaban J connectivity index is 1.64. The van der Waals surface area contributed by atoms with Gasteiger partial charge in [-0.15, -0.1) is 0 Å². The van der Waals surface area contributed by atoms with Crippen LogP contribution in [0.3, 0.4) is 0 Å². The monoisotopic (exact) mass is 229 g/mol. The first-order chi connectivity index (χ1) is 8.24. The molecule has 2 saturated carbocycles. The van der Waals surface area contributed by atoms with Gasteiger partial charge in [-0.3, -0.25) is 0 Å². The summed E-state index contributed by atoms with van der Waals surface area (Å²) < 4.78 is 0. The molecular weight excluding hydrogens is 206 g/mol. The van der Waals surface area contributed by atoms with Crippen LogP contribution in [0.2, 0.25) is 0 Å². The highest BCUT2D eigenvalue weighted by molar-refractivity contribution is 5.25. The fourth-order valence-electron chi connectivity index (χ4n) is 2.72. The van der Waals surface area contributed by atoms with Crippen LogP contribution < -0.4 is 5.32 Å². The number of nitrogens with one attached hydrogen (secondary N) is 1. The molecule has 0 bridgehead atoms. The number of hydrogen-bond acceptors (Lipinski definition) is 1. The molecular formula is C16H23N. The van der Waals surface area contributed by atoms with E-state index in [-0.39, 0.29) is 0 Å². The van der Waals surface area contributed by atoms with Crippen LogP contribution >= 0.6 is 0 Å². The van der Waals surface area contributed by atoms with E-state index in [0.29, 0.717) is 6.04 Å². The Labute approximate surface area is 105 Å². The minimum atomic E-state index is 0.614. The Morgan fingerprint density at radius 1 is 1.24 bits per heavy atom. The SMILES string of the molecule is Cc1ccc(C(NCC2CC2C)C2CC2)cc1. The van der Waals surface area contributed by atoms with Crippen LogP contribution in [-0.4, -0.2) is 6.54 Å². The van der Waals surface area contributed by atoms with Gasteiger partial charge in [0.2, 0.25) is 0 Å². The van der Waals surface area contributed by atoms with Gasteiger partial charge in [-0.05, 0) is 56.0 Å². The van der Waals surface area contributed by atoms with Crippen LogP contribution in [0.5, 0.6) is 0 Å². The zero-order valence-electron chi connectivity index (χ0n) is 10.9. The highest BCUT2D eigenvalue weighted by Crippen LogP contribution is 2.42. The third-order valence-corrected chi connectivity index (χ3v) is 4.41. The van der Waals surface area contributed by atoms with Crippen LogP contribution in [-0.2, 0) is 0 Å². The molecule has 0 aliphatic heterocycles. The summed E-state index contributed by atoms with van der Waals surface area (Å²) >= 11 is 0. The lowest BCUT2D eigenvalue weighted by Crippen LogP contribution is -2.25. The molecule has 2 fully saturated rings. The summed E-state index contributed by atoms with van der Waals surface area (Å²) in [6.07, 6.45) is 4.25. The Kier molecular flexibility index (Phi) is 2.96. The largest absolute Gasteiger partial charge is 0.309 e. The predicted molar refractivity (Wildman–Crippen MR) is 71.9 cm³/mol. The van der Waals surface area contributed by atoms with Crippen molar-refractivity contribution in [1.29, 1.82) is 0 Å². The number of hydrogen-bond donors (Lipinski definition) is 1. The maximum Gasteiger partial charge on any atom is 0.0348 e. The summed E-state index contributed by atoms with van der Waals surface area (Å²) in [6, 6.07) is 9.71. The smallest absolute Gasteiger partial charge is 0.0348 e. The van der Waals surface area contributed by atoms with Gasteiger partial charge in [-0.25, -0.2) is 0 Å². The zero-order chi connectivity index (χ0) is 11.8. The van der Waals surface area contributed by atoms with Crippen molar-refractivity contribution >= 4 is 0 Å². The summed E-state index contributed by atoms with van der Waals surface area (Å²) in [6.45, 7) is 5.75. The van der Waals surface area contributed by atoms with Gasteiger partial charge in [0.15, 0.2) is 0 Å². The summed E-state index contributed by atoms with van der Waals surface area (Å²) in [7, 11) is 0.